The van der Waals surface area contributed by atoms with Crippen LogP contribution in [-0.2, 0) is 11.2 Å². The topological polar surface area (TPSA) is 21.3 Å². The van der Waals surface area contributed by atoms with Gasteiger partial charge in [-0.1, -0.05) is 28.1 Å². The summed E-state index contributed by atoms with van der Waals surface area (Å²) in [6, 6.07) is 8.40. The monoisotopic (exact) mass is 255 g/mol. The van der Waals surface area contributed by atoms with Crippen molar-refractivity contribution >= 4 is 15.9 Å². The molecule has 0 aromatic heterocycles. The standard InChI is InChI=1S/C11H14BrNO/c12-10-3-1-9(2-4-10)5-6-14-11-7-13-8-11/h1-4,11,13H,5-8H2. The van der Waals surface area contributed by atoms with Gasteiger partial charge in [-0.3, -0.25) is 0 Å². The van der Waals surface area contributed by atoms with Crippen molar-refractivity contribution in [3.63, 3.8) is 0 Å². The third kappa shape index (κ3) is 2.80. The summed E-state index contributed by atoms with van der Waals surface area (Å²) in [6.07, 6.45) is 1.45. The molecule has 1 saturated heterocycles. The third-order valence-electron chi connectivity index (χ3n) is 2.40. The second-order valence-electron chi connectivity index (χ2n) is 3.53. The fraction of sp³-hybridized carbons (Fsp3) is 0.455. The van der Waals surface area contributed by atoms with Crippen LogP contribution in [0, 0.1) is 0 Å². The molecule has 1 aliphatic heterocycles. The minimum Gasteiger partial charge on any atom is -0.375 e. The molecule has 1 N–H and O–H groups in total. The first-order chi connectivity index (χ1) is 6.84. The van der Waals surface area contributed by atoms with Gasteiger partial charge in [0.15, 0.2) is 0 Å². The fourth-order valence-corrected chi connectivity index (χ4v) is 1.64. The number of hydrogen-bond donors (Lipinski definition) is 1. The van der Waals surface area contributed by atoms with E-state index in [9.17, 15) is 0 Å². The van der Waals surface area contributed by atoms with Crippen molar-refractivity contribution in [2.24, 2.45) is 0 Å². The van der Waals surface area contributed by atoms with Gasteiger partial charge in [0.1, 0.15) is 0 Å². The van der Waals surface area contributed by atoms with E-state index in [-0.39, 0.29) is 0 Å². The van der Waals surface area contributed by atoms with E-state index < -0.39 is 0 Å². The molecule has 3 heteroatoms. The van der Waals surface area contributed by atoms with Gasteiger partial charge in [0.05, 0.1) is 12.7 Å². The molecule has 76 valence electrons. The highest BCUT2D eigenvalue weighted by atomic mass is 79.9. The highest BCUT2D eigenvalue weighted by molar-refractivity contribution is 9.10. The predicted octanol–water partition coefficient (Wildman–Crippen LogP) is 1.98. The number of benzene rings is 1. The zero-order chi connectivity index (χ0) is 9.80. The second-order valence-corrected chi connectivity index (χ2v) is 4.44. The molecule has 1 heterocycles. The molecule has 1 aromatic carbocycles. The van der Waals surface area contributed by atoms with Crippen molar-refractivity contribution in [3.8, 4) is 0 Å². The van der Waals surface area contributed by atoms with Gasteiger partial charge in [-0.15, -0.1) is 0 Å². The largest absolute Gasteiger partial charge is 0.375 e. The fourth-order valence-electron chi connectivity index (χ4n) is 1.37. The summed E-state index contributed by atoms with van der Waals surface area (Å²) in [7, 11) is 0. The van der Waals surface area contributed by atoms with E-state index in [2.05, 4.69) is 45.5 Å². The van der Waals surface area contributed by atoms with Crippen LogP contribution in [-0.4, -0.2) is 25.8 Å². The van der Waals surface area contributed by atoms with E-state index in [0.717, 1.165) is 30.6 Å². The summed E-state index contributed by atoms with van der Waals surface area (Å²) in [5, 5.41) is 3.19. The smallest absolute Gasteiger partial charge is 0.0823 e. The summed E-state index contributed by atoms with van der Waals surface area (Å²) in [5.74, 6) is 0. The first-order valence-electron chi connectivity index (χ1n) is 4.91. The quantitative estimate of drug-likeness (QED) is 0.889. The van der Waals surface area contributed by atoms with Crippen LogP contribution in [0.3, 0.4) is 0 Å². The Morgan fingerprint density at radius 1 is 1.29 bits per heavy atom. The van der Waals surface area contributed by atoms with Crippen LogP contribution < -0.4 is 5.32 Å². The molecule has 0 aliphatic carbocycles. The molecule has 0 radical (unpaired) electrons. The van der Waals surface area contributed by atoms with Crippen LogP contribution in [0.25, 0.3) is 0 Å². The average Bonchev–Trinajstić information content (AvgIpc) is 2.12. The number of rotatable bonds is 4. The lowest BCUT2D eigenvalue weighted by atomic mass is 10.1. The Morgan fingerprint density at radius 3 is 2.57 bits per heavy atom. The van der Waals surface area contributed by atoms with Crippen LogP contribution in [0.1, 0.15) is 5.56 Å². The van der Waals surface area contributed by atoms with E-state index in [4.69, 9.17) is 4.74 Å². The van der Waals surface area contributed by atoms with Gasteiger partial charge in [0, 0.05) is 17.6 Å². The second kappa shape index (κ2) is 4.91. The van der Waals surface area contributed by atoms with E-state index >= 15 is 0 Å². The van der Waals surface area contributed by atoms with Crippen molar-refractivity contribution in [3.05, 3.63) is 34.3 Å². The van der Waals surface area contributed by atoms with Crippen molar-refractivity contribution in [2.75, 3.05) is 19.7 Å². The van der Waals surface area contributed by atoms with E-state index in [1.807, 2.05) is 0 Å². The molecule has 0 spiro atoms. The molecule has 0 bridgehead atoms. The summed E-state index contributed by atoms with van der Waals surface area (Å²) in [4.78, 5) is 0. The molecule has 1 aliphatic rings. The number of nitrogens with one attached hydrogen (secondary N) is 1. The summed E-state index contributed by atoms with van der Waals surface area (Å²) in [6.45, 7) is 2.86. The van der Waals surface area contributed by atoms with Crippen molar-refractivity contribution in [2.45, 2.75) is 12.5 Å². The number of halogens is 1. The Kier molecular flexibility index (Phi) is 3.56. The molecular formula is C11H14BrNO. The Balaban J connectivity index is 1.71. The minimum atomic E-state index is 0.449. The first kappa shape index (κ1) is 10.1. The van der Waals surface area contributed by atoms with Crippen LogP contribution in [0.15, 0.2) is 28.7 Å². The molecular weight excluding hydrogens is 242 g/mol. The van der Waals surface area contributed by atoms with Crippen molar-refractivity contribution < 1.29 is 4.74 Å². The van der Waals surface area contributed by atoms with Crippen molar-refractivity contribution in [1.82, 2.24) is 5.32 Å². The zero-order valence-electron chi connectivity index (χ0n) is 8.00. The number of hydrogen-bond acceptors (Lipinski definition) is 2. The summed E-state index contributed by atoms with van der Waals surface area (Å²) < 4.78 is 6.77. The lowest BCUT2D eigenvalue weighted by molar-refractivity contribution is 0.0208. The maximum Gasteiger partial charge on any atom is 0.0823 e. The molecule has 1 aromatic rings. The maximum atomic E-state index is 5.64. The molecule has 0 atom stereocenters. The molecule has 1 fully saturated rings. The lowest BCUT2D eigenvalue weighted by Gasteiger charge is -2.27. The van der Waals surface area contributed by atoms with E-state index in [1.54, 1.807) is 0 Å². The van der Waals surface area contributed by atoms with Crippen LogP contribution in [0.2, 0.25) is 0 Å². The highest BCUT2D eigenvalue weighted by Crippen LogP contribution is 2.11. The van der Waals surface area contributed by atoms with Crippen LogP contribution >= 0.6 is 15.9 Å². The normalized spacial score (nSPS) is 16.6. The Labute approximate surface area is 92.8 Å². The van der Waals surface area contributed by atoms with Gasteiger partial charge in [-0.2, -0.15) is 0 Å². The molecule has 0 saturated carbocycles. The lowest BCUT2D eigenvalue weighted by Crippen LogP contribution is -2.48. The van der Waals surface area contributed by atoms with Crippen molar-refractivity contribution in [1.29, 1.82) is 0 Å². The van der Waals surface area contributed by atoms with Gasteiger partial charge in [-0.05, 0) is 24.1 Å². The van der Waals surface area contributed by atoms with Gasteiger partial charge < -0.3 is 10.1 Å². The van der Waals surface area contributed by atoms with Gasteiger partial charge in [0.2, 0.25) is 0 Å². The summed E-state index contributed by atoms with van der Waals surface area (Å²) in [5.41, 5.74) is 1.33. The van der Waals surface area contributed by atoms with Crippen LogP contribution in [0.5, 0.6) is 0 Å². The maximum absolute atomic E-state index is 5.64. The van der Waals surface area contributed by atoms with Gasteiger partial charge >= 0.3 is 0 Å². The Bertz CT molecular complexity index is 282. The number of ether oxygens (including phenoxy) is 1. The zero-order valence-corrected chi connectivity index (χ0v) is 9.59. The SMILES string of the molecule is Brc1ccc(CCOC2CNC2)cc1. The van der Waals surface area contributed by atoms with Crippen LogP contribution in [0.4, 0.5) is 0 Å². The van der Waals surface area contributed by atoms with Gasteiger partial charge in [0.25, 0.3) is 0 Å². The molecule has 0 unspecified atom stereocenters. The van der Waals surface area contributed by atoms with E-state index in [0.29, 0.717) is 6.10 Å². The molecule has 0 amide bonds. The predicted molar refractivity (Wildman–Crippen MR) is 60.5 cm³/mol. The Morgan fingerprint density at radius 2 is 2.00 bits per heavy atom. The molecule has 14 heavy (non-hydrogen) atoms. The minimum absolute atomic E-state index is 0.449. The molecule has 2 rings (SSSR count). The highest BCUT2D eigenvalue weighted by Gasteiger charge is 2.16. The average molecular weight is 256 g/mol. The molecule has 2 nitrogen and oxygen atoms in total. The van der Waals surface area contributed by atoms with E-state index in [1.165, 1.54) is 5.56 Å². The first-order valence-corrected chi connectivity index (χ1v) is 5.70. The van der Waals surface area contributed by atoms with Gasteiger partial charge in [-0.25, -0.2) is 0 Å². The third-order valence-corrected chi connectivity index (χ3v) is 2.93. The Hall–Kier alpha value is -0.380. The summed E-state index contributed by atoms with van der Waals surface area (Å²) >= 11 is 3.42.